The Hall–Kier alpha value is -2.65. The molecule has 0 aliphatic carbocycles. The number of hydrogen-bond acceptors (Lipinski definition) is 2. The summed E-state index contributed by atoms with van der Waals surface area (Å²) in [4.78, 5) is 2.36. The maximum absolute atomic E-state index is 13.5. The molecule has 0 fully saturated rings. The van der Waals surface area contributed by atoms with Crippen LogP contribution < -0.4 is 0 Å². The van der Waals surface area contributed by atoms with E-state index in [-0.39, 0.29) is 5.82 Å². The van der Waals surface area contributed by atoms with Gasteiger partial charge in [-0.05, 0) is 35.8 Å². The summed E-state index contributed by atoms with van der Waals surface area (Å²) in [7, 11) is 0. The number of halogens is 1. The topological polar surface area (TPSA) is 16.4 Å². The van der Waals surface area contributed by atoms with E-state index < -0.39 is 0 Å². The molecule has 0 radical (unpaired) electrons. The average Bonchev–Trinajstić information content (AvgIpc) is 3.04. The maximum Gasteiger partial charge on any atom is 0.134 e. The number of furan rings is 1. The van der Waals surface area contributed by atoms with E-state index in [0.717, 1.165) is 42.6 Å². The smallest absolute Gasteiger partial charge is 0.134 e. The lowest BCUT2D eigenvalue weighted by Gasteiger charge is -2.25. The van der Waals surface area contributed by atoms with Crippen LogP contribution in [0.15, 0.2) is 76.9 Å². The van der Waals surface area contributed by atoms with Gasteiger partial charge in [-0.3, -0.25) is 4.90 Å². The van der Waals surface area contributed by atoms with E-state index >= 15 is 0 Å². The summed E-state index contributed by atoms with van der Waals surface area (Å²) in [5.41, 5.74) is 4.38. The quantitative estimate of drug-likeness (QED) is 0.634. The molecule has 2 nitrogen and oxygen atoms in total. The highest BCUT2D eigenvalue weighted by Crippen LogP contribution is 2.24. The molecule has 0 spiro atoms. The van der Waals surface area contributed by atoms with Crippen LogP contribution in [0.25, 0.3) is 17.0 Å². The Morgan fingerprint density at radius 2 is 1.96 bits per heavy atom. The molecule has 0 N–H and O–H groups in total. The molecular weight excluding hydrogens is 313 g/mol. The minimum absolute atomic E-state index is 0.220. The zero-order valence-electron chi connectivity index (χ0n) is 14.0. The molecular formula is C22H20FNO. The molecule has 126 valence electrons. The minimum atomic E-state index is -0.220. The van der Waals surface area contributed by atoms with Gasteiger partial charge in [-0.25, -0.2) is 4.39 Å². The largest absolute Gasteiger partial charge is 0.464 e. The second kappa shape index (κ2) is 7.08. The van der Waals surface area contributed by atoms with Crippen LogP contribution in [0.4, 0.5) is 4.39 Å². The normalized spacial score (nSPS) is 15.8. The van der Waals surface area contributed by atoms with Crippen LogP contribution in [0.1, 0.15) is 17.5 Å². The third kappa shape index (κ3) is 3.72. The first kappa shape index (κ1) is 15.9. The Balaban J connectivity index is 1.42. The molecule has 0 atom stereocenters. The summed E-state index contributed by atoms with van der Waals surface area (Å²) < 4.78 is 19.0. The molecule has 3 heteroatoms. The zero-order chi connectivity index (χ0) is 17.1. The predicted molar refractivity (Wildman–Crippen MR) is 99.6 cm³/mol. The standard InChI is InChI=1S/C22H20FNO/c23-20-8-9-22-21(14-20)19(16-25-22)15-24-12-10-18(11-13-24)7-6-17-4-2-1-3-5-17/h1-10,14,16H,11-13,15H2/b7-6+. The molecule has 0 amide bonds. The summed E-state index contributed by atoms with van der Waals surface area (Å²) in [5, 5.41) is 0.874. The van der Waals surface area contributed by atoms with Gasteiger partial charge in [0.25, 0.3) is 0 Å². The van der Waals surface area contributed by atoms with Gasteiger partial charge in [0.15, 0.2) is 0 Å². The molecule has 4 rings (SSSR count). The minimum Gasteiger partial charge on any atom is -0.464 e. The lowest BCUT2D eigenvalue weighted by molar-refractivity contribution is 0.287. The number of fused-ring (bicyclic) bond motifs is 1. The first-order chi connectivity index (χ1) is 12.3. The van der Waals surface area contributed by atoms with Crippen molar-refractivity contribution in [2.75, 3.05) is 13.1 Å². The van der Waals surface area contributed by atoms with Gasteiger partial charge in [0.05, 0.1) is 6.26 Å². The molecule has 0 saturated carbocycles. The van der Waals surface area contributed by atoms with Gasteiger partial charge in [-0.1, -0.05) is 48.6 Å². The van der Waals surface area contributed by atoms with E-state index in [1.807, 2.05) is 6.07 Å². The summed E-state index contributed by atoms with van der Waals surface area (Å²) in [6, 6.07) is 15.0. The molecule has 2 aromatic carbocycles. The lowest BCUT2D eigenvalue weighted by atomic mass is 10.1. The second-order valence-electron chi connectivity index (χ2n) is 6.41. The van der Waals surface area contributed by atoms with Gasteiger partial charge in [0.1, 0.15) is 11.4 Å². The molecule has 0 bridgehead atoms. The van der Waals surface area contributed by atoms with Crippen LogP contribution in [0.2, 0.25) is 0 Å². The van der Waals surface area contributed by atoms with Crippen molar-refractivity contribution in [2.45, 2.75) is 13.0 Å². The van der Waals surface area contributed by atoms with E-state index in [2.05, 4.69) is 47.4 Å². The van der Waals surface area contributed by atoms with Crippen LogP contribution in [-0.4, -0.2) is 18.0 Å². The second-order valence-corrected chi connectivity index (χ2v) is 6.41. The molecule has 0 unspecified atom stereocenters. The monoisotopic (exact) mass is 333 g/mol. The Morgan fingerprint density at radius 3 is 2.76 bits per heavy atom. The summed E-state index contributed by atoms with van der Waals surface area (Å²) in [5.74, 6) is -0.220. The van der Waals surface area contributed by atoms with E-state index in [4.69, 9.17) is 4.42 Å². The van der Waals surface area contributed by atoms with Gasteiger partial charge < -0.3 is 4.42 Å². The van der Waals surface area contributed by atoms with Gasteiger partial charge in [-0.2, -0.15) is 0 Å². The fourth-order valence-corrected chi connectivity index (χ4v) is 3.21. The Labute approximate surface area is 146 Å². The van der Waals surface area contributed by atoms with Crippen molar-refractivity contribution in [3.63, 3.8) is 0 Å². The van der Waals surface area contributed by atoms with Crippen molar-refractivity contribution >= 4 is 17.0 Å². The molecule has 1 aromatic heterocycles. The van der Waals surface area contributed by atoms with Crippen molar-refractivity contribution < 1.29 is 8.81 Å². The highest BCUT2D eigenvalue weighted by molar-refractivity contribution is 5.80. The lowest BCUT2D eigenvalue weighted by Crippen LogP contribution is -2.27. The van der Waals surface area contributed by atoms with E-state index in [1.165, 1.54) is 17.2 Å². The molecule has 2 heterocycles. The zero-order valence-corrected chi connectivity index (χ0v) is 14.0. The van der Waals surface area contributed by atoms with Gasteiger partial charge in [0, 0.05) is 30.6 Å². The fraction of sp³-hybridized carbons (Fsp3) is 0.182. The summed E-state index contributed by atoms with van der Waals surface area (Å²) in [6.45, 7) is 2.67. The van der Waals surface area contributed by atoms with Crippen LogP contribution >= 0.6 is 0 Å². The molecule has 3 aromatic rings. The van der Waals surface area contributed by atoms with Crippen LogP contribution in [0.3, 0.4) is 0 Å². The highest BCUT2D eigenvalue weighted by Gasteiger charge is 2.14. The van der Waals surface area contributed by atoms with Crippen molar-refractivity contribution in [2.24, 2.45) is 0 Å². The molecule has 25 heavy (non-hydrogen) atoms. The summed E-state index contributed by atoms with van der Waals surface area (Å²) >= 11 is 0. The van der Waals surface area contributed by atoms with Crippen molar-refractivity contribution in [1.29, 1.82) is 0 Å². The van der Waals surface area contributed by atoms with Gasteiger partial charge in [0.2, 0.25) is 0 Å². The van der Waals surface area contributed by atoms with E-state index in [0.29, 0.717) is 0 Å². The predicted octanol–water partition coefficient (Wildman–Crippen LogP) is 5.42. The number of hydrogen-bond donors (Lipinski definition) is 0. The Morgan fingerprint density at radius 1 is 1.08 bits per heavy atom. The van der Waals surface area contributed by atoms with Crippen LogP contribution in [-0.2, 0) is 6.54 Å². The Kier molecular flexibility index (Phi) is 4.49. The van der Waals surface area contributed by atoms with Crippen LogP contribution in [0.5, 0.6) is 0 Å². The maximum atomic E-state index is 13.5. The van der Waals surface area contributed by atoms with E-state index in [1.54, 1.807) is 18.4 Å². The van der Waals surface area contributed by atoms with Crippen molar-refractivity contribution in [3.05, 3.63) is 89.5 Å². The number of benzene rings is 2. The third-order valence-electron chi connectivity index (χ3n) is 4.63. The first-order valence-corrected chi connectivity index (χ1v) is 8.58. The summed E-state index contributed by atoms with van der Waals surface area (Å²) in [6.07, 6.45) is 9.40. The number of allylic oxidation sites excluding steroid dienone is 1. The number of rotatable bonds is 4. The molecule has 1 aliphatic heterocycles. The number of nitrogens with zero attached hydrogens (tertiary/aromatic N) is 1. The van der Waals surface area contributed by atoms with Gasteiger partial charge >= 0.3 is 0 Å². The van der Waals surface area contributed by atoms with E-state index in [9.17, 15) is 4.39 Å². The fourth-order valence-electron chi connectivity index (χ4n) is 3.21. The van der Waals surface area contributed by atoms with Crippen molar-refractivity contribution in [3.8, 4) is 0 Å². The highest BCUT2D eigenvalue weighted by atomic mass is 19.1. The molecule has 1 aliphatic rings. The third-order valence-corrected chi connectivity index (χ3v) is 4.63. The molecule has 0 saturated heterocycles. The van der Waals surface area contributed by atoms with Crippen molar-refractivity contribution in [1.82, 2.24) is 4.90 Å². The van der Waals surface area contributed by atoms with Crippen LogP contribution in [0, 0.1) is 5.82 Å². The van der Waals surface area contributed by atoms with Gasteiger partial charge in [-0.15, -0.1) is 0 Å². The first-order valence-electron chi connectivity index (χ1n) is 8.58. The Bertz CT molecular complexity index is 924. The average molecular weight is 333 g/mol. The SMILES string of the molecule is Fc1ccc2occ(CN3CC=C(/C=C/c4ccccc4)CC3)c2c1.